The number of hydrogen-bond acceptors (Lipinski definition) is 8. The second-order valence-electron chi connectivity index (χ2n) is 8.14. The number of hydrogen-bond donors (Lipinski definition) is 2. The molecular formula is C24H25N9O. The number of nitrogens with one attached hydrogen (secondary N) is 2. The maximum absolute atomic E-state index is 12.0. The summed E-state index contributed by atoms with van der Waals surface area (Å²) in [6, 6.07) is 11.5. The van der Waals surface area contributed by atoms with Crippen molar-refractivity contribution in [2.45, 2.75) is 25.8 Å². The van der Waals surface area contributed by atoms with E-state index in [1.54, 1.807) is 24.5 Å². The van der Waals surface area contributed by atoms with Gasteiger partial charge in [-0.3, -0.25) is 14.4 Å². The van der Waals surface area contributed by atoms with Gasteiger partial charge in [0.25, 0.3) is 5.91 Å². The van der Waals surface area contributed by atoms with Crippen LogP contribution in [0.15, 0.2) is 42.9 Å². The Labute approximate surface area is 197 Å². The molecule has 0 unspecified atom stereocenters. The van der Waals surface area contributed by atoms with Crippen LogP contribution in [0.3, 0.4) is 0 Å². The molecule has 0 radical (unpaired) electrons. The van der Waals surface area contributed by atoms with E-state index in [-0.39, 0.29) is 12.5 Å². The summed E-state index contributed by atoms with van der Waals surface area (Å²) < 4.78 is 1.97. The van der Waals surface area contributed by atoms with Crippen molar-refractivity contribution in [3.05, 3.63) is 54.0 Å². The molecule has 1 amide bonds. The van der Waals surface area contributed by atoms with E-state index in [0.717, 1.165) is 48.4 Å². The Kier molecular flexibility index (Phi) is 7.11. The van der Waals surface area contributed by atoms with Crippen molar-refractivity contribution in [3.8, 4) is 23.4 Å². The summed E-state index contributed by atoms with van der Waals surface area (Å²) in [7, 11) is 0. The number of aryl methyl sites for hydroxylation is 1. The number of likely N-dealkylation sites (tertiary alicyclic amines) is 1. The zero-order valence-electron chi connectivity index (χ0n) is 18.9. The minimum absolute atomic E-state index is 0.0302. The molecule has 0 saturated carbocycles. The van der Waals surface area contributed by atoms with Crippen LogP contribution in [0.5, 0.6) is 0 Å². The van der Waals surface area contributed by atoms with Gasteiger partial charge in [0.15, 0.2) is 0 Å². The summed E-state index contributed by atoms with van der Waals surface area (Å²) in [5.74, 6) is 0.169. The number of anilines is 2. The monoisotopic (exact) mass is 455 g/mol. The van der Waals surface area contributed by atoms with Gasteiger partial charge in [-0.15, -0.1) is 0 Å². The van der Waals surface area contributed by atoms with E-state index < -0.39 is 0 Å². The molecule has 10 heteroatoms. The van der Waals surface area contributed by atoms with Gasteiger partial charge < -0.3 is 10.6 Å². The molecule has 34 heavy (non-hydrogen) atoms. The van der Waals surface area contributed by atoms with Crippen LogP contribution in [0.4, 0.5) is 11.6 Å². The van der Waals surface area contributed by atoms with Crippen molar-refractivity contribution in [1.82, 2.24) is 30.0 Å². The van der Waals surface area contributed by atoms with Gasteiger partial charge >= 0.3 is 0 Å². The number of carbonyl (C=O) groups is 1. The fraction of sp³-hybridized carbons (Fsp3) is 0.333. The van der Waals surface area contributed by atoms with Crippen LogP contribution in [0.2, 0.25) is 0 Å². The van der Waals surface area contributed by atoms with Gasteiger partial charge in [0.2, 0.25) is 5.95 Å². The van der Waals surface area contributed by atoms with E-state index >= 15 is 0 Å². The van der Waals surface area contributed by atoms with Crippen molar-refractivity contribution >= 4 is 17.5 Å². The lowest BCUT2D eigenvalue weighted by atomic mass is 10.1. The maximum Gasteiger partial charge on any atom is 0.252 e. The fourth-order valence-corrected chi connectivity index (χ4v) is 3.97. The number of piperidine rings is 1. The molecule has 0 spiro atoms. The van der Waals surface area contributed by atoms with Crippen molar-refractivity contribution in [3.63, 3.8) is 0 Å². The maximum atomic E-state index is 12.0. The fourth-order valence-electron chi connectivity index (χ4n) is 3.97. The number of nitrogens with zero attached hydrogens (tertiary/aromatic N) is 7. The first kappa shape index (κ1) is 22.9. The third kappa shape index (κ3) is 5.37. The SMILES string of the molecule is Cc1cnc(Nc2cnn(C3CCN(CC#N)CC3)c2)nc1-c1ccc(C(=O)NCC#N)cc1. The summed E-state index contributed by atoms with van der Waals surface area (Å²) in [6.07, 6.45) is 7.39. The number of amides is 1. The van der Waals surface area contributed by atoms with Gasteiger partial charge in [0.1, 0.15) is 6.54 Å². The zero-order valence-corrected chi connectivity index (χ0v) is 18.9. The van der Waals surface area contributed by atoms with Gasteiger partial charge in [-0.2, -0.15) is 15.6 Å². The van der Waals surface area contributed by atoms with Crippen LogP contribution in [0.1, 0.15) is 34.8 Å². The number of rotatable bonds is 7. The second kappa shape index (κ2) is 10.6. The first-order valence-corrected chi connectivity index (χ1v) is 11.1. The topological polar surface area (TPSA) is 136 Å². The van der Waals surface area contributed by atoms with E-state index in [9.17, 15) is 4.79 Å². The molecule has 0 bridgehead atoms. The van der Waals surface area contributed by atoms with Gasteiger partial charge in [0.05, 0.1) is 42.3 Å². The Morgan fingerprint density at radius 3 is 2.62 bits per heavy atom. The normalized spacial score (nSPS) is 14.2. The number of carbonyl (C=O) groups excluding carboxylic acids is 1. The van der Waals surface area contributed by atoms with E-state index in [0.29, 0.717) is 24.1 Å². The molecule has 4 rings (SSSR count). The lowest BCUT2D eigenvalue weighted by Crippen LogP contribution is -2.34. The highest BCUT2D eigenvalue weighted by Gasteiger charge is 2.21. The van der Waals surface area contributed by atoms with Crippen LogP contribution < -0.4 is 10.6 Å². The summed E-state index contributed by atoms with van der Waals surface area (Å²) in [5.41, 5.74) is 3.82. The second-order valence-corrected chi connectivity index (χ2v) is 8.14. The summed E-state index contributed by atoms with van der Waals surface area (Å²) >= 11 is 0. The summed E-state index contributed by atoms with van der Waals surface area (Å²) in [4.78, 5) is 23.2. The van der Waals surface area contributed by atoms with Crippen molar-refractivity contribution in [2.24, 2.45) is 0 Å². The van der Waals surface area contributed by atoms with Gasteiger partial charge in [-0.1, -0.05) is 12.1 Å². The van der Waals surface area contributed by atoms with Crippen LogP contribution in [0, 0.1) is 29.6 Å². The first-order valence-electron chi connectivity index (χ1n) is 11.1. The quantitative estimate of drug-likeness (QED) is 0.519. The Bertz CT molecular complexity index is 1230. The molecule has 2 N–H and O–H groups in total. The third-order valence-electron chi connectivity index (χ3n) is 5.80. The highest BCUT2D eigenvalue weighted by Crippen LogP contribution is 2.26. The number of aromatic nitrogens is 4. The summed E-state index contributed by atoms with van der Waals surface area (Å²) in [6.45, 7) is 4.16. The molecule has 3 aromatic rings. The highest BCUT2D eigenvalue weighted by atomic mass is 16.1. The third-order valence-corrected chi connectivity index (χ3v) is 5.80. The average Bonchev–Trinajstić information content (AvgIpc) is 3.33. The Morgan fingerprint density at radius 1 is 1.15 bits per heavy atom. The molecule has 0 atom stereocenters. The lowest BCUT2D eigenvalue weighted by Gasteiger charge is -2.30. The zero-order chi connectivity index (χ0) is 23.9. The minimum Gasteiger partial charge on any atom is -0.339 e. The van der Waals surface area contributed by atoms with Gasteiger partial charge in [0, 0.05) is 36.6 Å². The molecule has 1 aliphatic rings. The van der Waals surface area contributed by atoms with Gasteiger partial charge in [-0.25, -0.2) is 9.97 Å². The molecule has 10 nitrogen and oxygen atoms in total. The van der Waals surface area contributed by atoms with Crippen LogP contribution >= 0.6 is 0 Å². The predicted molar refractivity (Wildman–Crippen MR) is 126 cm³/mol. The Balaban J connectivity index is 1.44. The highest BCUT2D eigenvalue weighted by molar-refractivity contribution is 5.94. The van der Waals surface area contributed by atoms with E-state index in [1.807, 2.05) is 36.0 Å². The van der Waals surface area contributed by atoms with Gasteiger partial charge in [-0.05, 0) is 37.5 Å². The van der Waals surface area contributed by atoms with Crippen LogP contribution in [-0.4, -0.2) is 56.7 Å². The lowest BCUT2D eigenvalue weighted by molar-refractivity contribution is 0.0958. The molecule has 3 heterocycles. The van der Waals surface area contributed by atoms with Crippen molar-refractivity contribution in [1.29, 1.82) is 10.5 Å². The molecule has 1 fully saturated rings. The number of benzene rings is 1. The van der Waals surface area contributed by atoms with Crippen LogP contribution in [-0.2, 0) is 0 Å². The molecular weight excluding hydrogens is 430 g/mol. The van der Waals surface area contributed by atoms with Crippen LogP contribution in [0.25, 0.3) is 11.3 Å². The molecule has 2 aromatic heterocycles. The molecule has 1 aliphatic heterocycles. The van der Waals surface area contributed by atoms with Crippen molar-refractivity contribution < 1.29 is 4.79 Å². The molecule has 172 valence electrons. The Morgan fingerprint density at radius 2 is 1.91 bits per heavy atom. The van der Waals surface area contributed by atoms with E-state index in [1.165, 1.54) is 0 Å². The minimum atomic E-state index is -0.289. The summed E-state index contributed by atoms with van der Waals surface area (Å²) in [5, 5.41) is 27.7. The molecule has 0 aliphatic carbocycles. The largest absolute Gasteiger partial charge is 0.339 e. The van der Waals surface area contributed by atoms with E-state index in [4.69, 9.17) is 10.5 Å². The van der Waals surface area contributed by atoms with Crippen molar-refractivity contribution in [2.75, 3.05) is 31.5 Å². The molecule has 1 aromatic carbocycles. The van der Waals surface area contributed by atoms with E-state index in [2.05, 4.69) is 36.7 Å². The average molecular weight is 456 g/mol. The predicted octanol–water partition coefficient (Wildman–Crippen LogP) is 2.81. The number of nitriles is 2. The smallest absolute Gasteiger partial charge is 0.252 e. The Hall–Kier alpha value is -4.28. The standard InChI is InChI=1S/C24H25N9O/c1-17-14-28-24(31-22(17)18-2-4-19(5-3-18)23(34)27-10-8-25)30-20-15-29-33(16-20)21-6-11-32(12-7-21)13-9-26/h2-5,14-16,21H,6-7,10-13H2,1H3,(H,27,34)(H,28,30,31). The first-order chi connectivity index (χ1) is 16.6. The molecule has 1 saturated heterocycles.